The predicted molar refractivity (Wildman–Crippen MR) is 74.1 cm³/mol. The van der Waals surface area contributed by atoms with Crippen LogP contribution < -0.4 is 5.73 Å². The van der Waals surface area contributed by atoms with E-state index >= 15 is 0 Å². The van der Waals surface area contributed by atoms with Crippen LogP contribution in [-0.4, -0.2) is 22.9 Å². The minimum Gasteiger partial charge on any atom is -0.465 e. The van der Waals surface area contributed by atoms with Gasteiger partial charge in [0, 0.05) is 11.9 Å². The Balaban J connectivity index is 2.70. The van der Waals surface area contributed by atoms with E-state index in [-0.39, 0.29) is 5.56 Å². The second-order valence-corrected chi connectivity index (χ2v) is 4.71. The highest BCUT2D eigenvalue weighted by atomic mass is 35.5. The zero-order valence-electron chi connectivity index (χ0n) is 10.3. The van der Waals surface area contributed by atoms with Gasteiger partial charge in [-0.2, -0.15) is 5.10 Å². The van der Waals surface area contributed by atoms with Crippen LogP contribution in [0.4, 0.5) is 5.69 Å². The van der Waals surface area contributed by atoms with Crippen molar-refractivity contribution in [2.45, 2.75) is 6.92 Å². The Labute approximate surface area is 119 Å². The number of hydrogen-bond acceptors (Lipinski definition) is 4. The number of esters is 1. The molecule has 5 nitrogen and oxygen atoms in total. The molecule has 0 aliphatic carbocycles. The topological polar surface area (TPSA) is 70.1 Å². The first-order valence-electron chi connectivity index (χ1n) is 5.33. The van der Waals surface area contributed by atoms with Gasteiger partial charge in [0.1, 0.15) is 0 Å². The maximum atomic E-state index is 11.8. The average Bonchev–Trinajstić information content (AvgIpc) is 2.67. The number of anilines is 1. The number of halogens is 2. The Morgan fingerprint density at radius 3 is 2.58 bits per heavy atom. The van der Waals surface area contributed by atoms with E-state index in [4.69, 9.17) is 33.7 Å². The Kier molecular flexibility index (Phi) is 3.68. The molecule has 1 aromatic heterocycles. The third-order valence-electron chi connectivity index (χ3n) is 2.56. The van der Waals surface area contributed by atoms with Gasteiger partial charge in [-0.05, 0) is 19.1 Å². The van der Waals surface area contributed by atoms with Gasteiger partial charge in [-0.15, -0.1) is 0 Å². The molecule has 0 spiro atoms. The summed E-state index contributed by atoms with van der Waals surface area (Å²) in [4.78, 5) is 11.8. The number of ether oxygens (including phenoxy) is 1. The lowest BCUT2D eigenvalue weighted by Crippen LogP contribution is -2.10. The molecule has 0 atom stereocenters. The average molecular weight is 300 g/mol. The second kappa shape index (κ2) is 5.11. The number of hydrogen-bond donors (Lipinski definition) is 1. The van der Waals surface area contributed by atoms with Crippen molar-refractivity contribution < 1.29 is 9.53 Å². The summed E-state index contributed by atoms with van der Waals surface area (Å²) in [6.07, 6.45) is 1.57. The van der Waals surface area contributed by atoms with Gasteiger partial charge in [0.25, 0.3) is 0 Å². The molecule has 19 heavy (non-hydrogen) atoms. The highest BCUT2D eigenvalue weighted by Crippen LogP contribution is 2.29. The predicted octanol–water partition coefficient (Wildman–Crippen LogP) is 2.86. The molecule has 0 amide bonds. The number of methoxy groups -OCH3 is 1. The van der Waals surface area contributed by atoms with E-state index in [2.05, 4.69) is 5.10 Å². The van der Waals surface area contributed by atoms with Crippen molar-refractivity contribution in [2.75, 3.05) is 12.8 Å². The highest BCUT2D eigenvalue weighted by molar-refractivity contribution is 6.33. The van der Waals surface area contributed by atoms with Gasteiger partial charge in [0.2, 0.25) is 0 Å². The van der Waals surface area contributed by atoms with Crippen molar-refractivity contribution in [1.29, 1.82) is 0 Å². The molecule has 1 heterocycles. The van der Waals surface area contributed by atoms with E-state index in [1.807, 2.05) is 0 Å². The van der Waals surface area contributed by atoms with Crippen molar-refractivity contribution in [3.05, 3.63) is 39.6 Å². The molecule has 2 aromatic rings. The van der Waals surface area contributed by atoms with Crippen molar-refractivity contribution in [3.63, 3.8) is 0 Å². The van der Waals surface area contributed by atoms with Crippen molar-refractivity contribution in [2.24, 2.45) is 0 Å². The van der Waals surface area contributed by atoms with Crippen LogP contribution in [0.1, 0.15) is 16.1 Å². The SMILES string of the molecule is COC(=O)c1cc(N)cc(Cl)c1-n1cc(Cl)c(C)n1. The lowest BCUT2D eigenvalue weighted by atomic mass is 10.1. The van der Waals surface area contributed by atoms with E-state index in [1.54, 1.807) is 13.1 Å². The Hall–Kier alpha value is -1.72. The molecule has 2 N–H and O–H groups in total. The minimum atomic E-state index is -0.548. The van der Waals surface area contributed by atoms with Gasteiger partial charge < -0.3 is 10.5 Å². The third kappa shape index (κ3) is 2.52. The van der Waals surface area contributed by atoms with Crippen LogP contribution in [0.3, 0.4) is 0 Å². The van der Waals surface area contributed by atoms with Gasteiger partial charge in [-0.1, -0.05) is 23.2 Å². The van der Waals surface area contributed by atoms with Crippen LogP contribution in [0.15, 0.2) is 18.3 Å². The fourth-order valence-corrected chi connectivity index (χ4v) is 2.12. The fourth-order valence-electron chi connectivity index (χ4n) is 1.67. The molecule has 7 heteroatoms. The molecule has 0 aliphatic rings. The van der Waals surface area contributed by atoms with Gasteiger partial charge in [-0.3, -0.25) is 0 Å². The van der Waals surface area contributed by atoms with Gasteiger partial charge >= 0.3 is 5.97 Å². The minimum absolute atomic E-state index is 0.228. The molecule has 0 bridgehead atoms. The number of nitrogens with two attached hydrogens (primary N) is 1. The zero-order valence-corrected chi connectivity index (χ0v) is 11.8. The third-order valence-corrected chi connectivity index (χ3v) is 3.22. The molecule has 0 unspecified atom stereocenters. The van der Waals surface area contributed by atoms with Crippen LogP contribution >= 0.6 is 23.2 Å². The number of nitrogen functional groups attached to an aromatic ring is 1. The lowest BCUT2D eigenvalue weighted by Gasteiger charge is -2.11. The number of nitrogens with zero attached hydrogens (tertiary/aromatic N) is 2. The molecular formula is C12H11Cl2N3O2. The molecular weight excluding hydrogens is 289 g/mol. The summed E-state index contributed by atoms with van der Waals surface area (Å²) >= 11 is 12.1. The Morgan fingerprint density at radius 2 is 2.05 bits per heavy atom. The summed E-state index contributed by atoms with van der Waals surface area (Å²) in [5, 5.41) is 4.97. The van der Waals surface area contributed by atoms with Crippen LogP contribution in [0.2, 0.25) is 10.0 Å². The fraction of sp³-hybridized carbons (Fsp3) is 0.167. The second-order valence-electron chi connectivity index (χ2n) is 3.90. The quantitative estimate of drug-likeness (QED) is 0.684. The zero-order chi connectivity index (χ0) is 14.2. The van der Waals surface area contributed by atoms with Gasteiger partial charge in [0.15, 0.2) is 0 Å². The van der Waals surface area contributed by atoms with Gasteiger partial charge in [0.05, 0.1) is 34.1 Å². The molecule has 0 aliphatic heterocycles. The number of carbonyl (C=O) groups excluding carboxylic acids is 1. The van der Waals surface area contributed by atoms with E-state index < -0.39 is 5.97 Å². The summed E-state index contributed by atoms with van der Waals surface area (Å²) in [6, 6.07) is 3.02. The summed E-state index contributed by atoms with van der Waals surface area (Å²) in [5.41, 5.74) is 7.30. The van der Waals surface area contributed by atoms with E-state index in [0.717, 1.165) is 0 Å². The number of aryl methyl sites for hydroxylation is 1. The summed E-state index contributed by atoms with van der Waals surface area (Å²) in [6.45, 7) is 1.75. The molecule has 1 aromatic carbocycles. The van der Waals surface area contributed by atoms with Crippen LogP contribution in [0.5, 0.6) is 0 Å². The van der Waals surface area contributed by atoms with Crippen molar-refractivity contribution in [3.8, 4) is 5.69 Å². The number of rotatable bonds is 2. The largest absolute Gasteiger partial charge is 0.465 e. The Bertz CT molecular complexity index is 633. The maximum Gasteiger partial charge on any atom is 0.340 e. The van der Waals surface area contributed by atoms with Crippen LogP contribution in [0.25, 0.3) is 5.69 Å². The van der Waals surface area contributed by atoms with E-state index in [0.29, 0.717) is 27.1 Å². The van der Waals surface area contributed by atoms with E-state index in [9.17, 15) is 4.79 Å². The molecule has 0 radical (unpaired) electrons. The van der Waals surface area contributed by atoms with Crippen molar-refractivity contribution >= 4 is 34.9 Å². The van der Waals surface area contributed by atoms with Gasteiger partial charge in [-0.25, -0.2) is 9.48 Å². The molecule has 2 rings (SSSR count). The maximum absolute atomic E-state index is 11.8. The molecule has 0 saturated heterocycles. The first-order chi connectivity index (χ1) is 8.93. The highest BCUT2D eigenvalue weighted by Gasteiger charge is 2.19. The van der Waals surface area contributed by atoms with Crippen LogP contribution in [0, 0.1) is 6.92 Å². The number of aromatic nitrogens is 2. The number of benzene rings is 1. The lowest BCUT2D eigenvalue weighted by molar-refractivity contribution is 0.0600. The van der Waals surface area contributed by atoms with Crippen LogP contribution in [-0.2, 0) is 4.74 Å². The normalized spacial score (nSPS) is 10.5. The van der Waals surface area contributed by atoms with E-state index in [1.165, 1.54) is 23.9 Å². The first kappa shape index (κ1) is 13.7. The first-order valence-corrected chi connectivity index (χ1v) is 6.09. The molecule has 100 valence electrons. The standard InChI is InChI=1S/C12H11Cl2N3O2/c1-6-10(14)5-17(16-6)11-8(12(18)19-2)3-7(15)4-9(11)13/h3-5H,15H2,1-2H3. The molecule has 0 fully saturated rings. The number of carbonyl (C=O) groups is 1. The Morgan fingerprint density at radius 1 is 1.37 bits per heavy atom. The summed E-state index contributed by atoms with van der Waals surface area (Å²) in [5.74, 6) is -0.548. The van der Waals surface area contributed by atoms with Crippen molar-refractivity contribution in [1.82, 2.24) is 9.78 Å². The molecule has 0 saturated carbocycles. The summed E-state index contributed by atoms with van der Waals surface area (Å²) < 4.78 is 6.15. The monoisotopic (exact) mass is 299 g/mol. The smallest absolute Gasteiger partial charge is 0.340 e. The summed E-state index contributed by atoms with van der Waals surface area (Å²) in [7, 11) is 1.28.